The van der Waals surface area contributed by atoms with Crippen LogP contribution in [0.2, 0.25) is 0 Å². The summed E-state index contributed by atoms with van der Waals surface area (Å²) in [7, 11) is -3.71. The van der Waals surface area contributed by atoms with E-state index in [2.05, 4.69) is 32.4 Å². The molecular formula is C36H51NO10S. The quantitative estimate of drug-likeness (QED) is 0.361. The Morgan fingerprint density at radius 1 is 0.979 bits per heavy atom. The average molecular weight is 690 g/mol. The first-order valence-corrected chi connectivity index (χ1v) is 19.2. The van der Waals surface area contributed by atoms with E-state index in [1.165, 1.54) is 6.92 Å². The highest BCUT2D eigenvalue weighted by atomic mass is 32.2. The van der Waals surface area contributed by atoms with Gasteiger partial charge in [0, 0.05) is 12.0 Å². The van der Waals surface area contributed by atoms with Crippen LogP contribution in [0.1, 0.15) is 111 Å². The van der Waals surface area contributed by atoms with Gasteiger partial charge in [-0.05, 0) is 118 Å². The first-order valence-electron chi connectivity index (χ1n) is 17.3. The number of carbonyl (C=O) groups excluding carboxylic acids is 2. The summed E-state index contributed by atoms with van der Waals surface area (Å²) in [5.41, 5.74) is -2.64. The van der Waals surface area contributed by atoms with Gasteiger partial charge in [0.1, 0.15) is 0 Å². The minimum atomic E-state index is -3.71. The van der Waals surface area contributed by atoms with Gasteiger partial charge >= 0.3 is 17.8 Å². The summed E-state index contributed by atoms with van der Waals surface area (Å²) in [6, 6.07) is -0.772. The number of carboxylic acids is 1. The summed E-state index contributed by atoms with van der Waals surface area (Å²) in [5.74, 6) is -2.87. The lowest BCUT2D eigenvalue weighted by molar-refractivity contribution is -0.204. The molecule has 1 aromatic heterocycles. The first-order chi connectivity index (χ1) is 22.0. The summed E-state index contributed by atoms with van der Waals surface area (Å²) in [4.78, 5) is 53.1. The Hall–Kier alpha value is -2.73. The molecule has 11 nitrogen and oxygen atoms in total. The van der Waals surface area contributed by atoms with Crippen molar-refractivity contribution in [1.82, 2.24) is 4.72 Å². The van der Waals surface area contributed by atoms with Gasteiger partial charge in [0.05, 0.1) is 17.1 Å². The van der Waals surface area contributed by atoms with Crippen LogP contribution >= 0.6 is 0 Å². The van der Waals surface area contributed by atoms with Crippen molar-refractivity contribution in [3.8, 4) is 0 Å². The number of hydrogen-bond donors (Lipinski definition) is 2. The Kier molecular flexibility index (Phi) is 7.96. The summed E-state index contributed by atoms with van der Waals surface area (Å²) >= 11 is 0. The van der Waals surface area contributed by atoms with Crippen LogP contribution in [0.25, 0.3) is 0 Å². The second-order valence-corrected chi connectivity index (χ2v) is 19.1. The zero-order chi connectivity index (χ0) is 35.5. The molecule has 4 fully saturated rings. The van der Waals surface area contributed by atoms with Gasteiger partial charge in [0.25, 0.3) is 0 Å². The summed E-state index contributed by atoms with van der Waals surface area (Å²) in [6.07, 6.45) is 8.78. The average Bonchev–Trinajstić information content (AvgIpc) is 3.30. The molecule has 5 aliphatic carbocycles. The molecule has 10 atom stereocenters. The summed E-state index contributed by atoms with van der Waals surface area (Å²) in [6.45, 7) is 13.6. The van der Waals surface area contributed by atoms with Gasteiger partial charge in [0.2, 0.25) is 10.0 Å². The highest BCUT2D eigenvalue weighted by molar-refractivity contribution is 7.88. The van der Waals surface area contributed by atoms with E-state index in [0.717, 1.165) is 31.1 Å². The molecule has 0 aliphatic heterocycles. The van der Waals surface area contributed by atoms with Gasteiger partial charge in [0.15, 0.2) is 23.9 Å². The number of allylic oxidation sites excluding steroid dienone is 2. The maximum absolute atomic E-state index is 14.7. The molecule has 1 aromatic rings. The predicted octanol–water partition coefficient (Wildman–Crippen LogP) is 5.55. The maximum Gasteiger partial charge on any atom is 0.519 e. The number of ether oxygens (including phenoxy) is 1. The number of rotatable bonds is 6. The van der Waals surface area contributed by atoms with E-state index in [1.807, 2.05) is 13.0 Å². The van der Waals surface area contributed by atoms with Gasteiger partial charge < -0.3 is 18.7 Å². The molecule has 266 valence electrons. The maximum atomic E-state index is 14.7. The SMILES string of the molecule is Cc1oc(=O)oc1COC(=O)[C@@]1(C)C2CC[C@]3(C)[C@H](C(=O)C=C4[C@@H]5C[C@@](C)(C(=O)O)CC[C@]5(C)CC[C@]43C)[C@@]2(C)CC[C@@H]1NS(C)(=O)=O. The van der Waals surface area contributed by atoms with Crippen molar-refractivity contribution in [2.24, 2.45) is 50.2 Å². The molecule has 4 saturated carbocycles. The standard InChI is InChI=1S/C36H51NO10S/c1-20-24(47-30(42)46-20)19-45-29(41)36(7)25-9-12-35(6)27(33(25,4)11-10-26(36)37-48(8,43)44)23(38)17-21-22-18-32(3,28(39)40)14-13-31(22,2)15-16-34(21,35)5/h17,22,25-27,37H,9-16,18-19H2,1-8H3,(H,39,40)/t22-,25?,26-,27+,31+,32-,33-,34+,35+,36-/m0/s1. The third-order valence-electron chi connectivity index (χ3n) is 14.7. The van der Waals surface area contributed by atoms with Gasteiger partial charge in [-0.2, -0.15) is 0 Å². The van der Waals surface area contributed by atoms with Crippen LogP contribution in [-0.4, -0.2) is 43.5 Å². The monoisotopic (exact) mass is 689 g/mol. The van der Waals surface area contributed by atoms with Crippen LogP contribution < -0.4 is 10.5 Å². The molecule has 0 saturated heterocycles. The first kappa shape index (κ1) is 35.1. The van der Waals surface area contributed by atoms with E-state index in [9.17, 15) is 32.7 Å². The van der Waals surface area contributed by atoms with E-state index in [-0.39, 0.29) is 40.7 Å². The third-order valence-corrected chi connectivity index (χ3v) is 15.5. The van der Waals surface area contributed by atoms with Gasteiger partial charge in [-0.1, -0.05) is 33.3 Å². The molecule has 0 radical (unpaired) electrons. The number of nitrogens with one attached hydrogen (secondary N) is 1. The lowest BCUT2D eigenvalue weighted by Gasteiger charge is -2.70. The second-order valence-electron chi connectivity index (χ2n) is 17.3. The Bertz CT molecular complexity index is 1760. The predicted molar refractivity (Wildman–Crippen MR) is 175 cm³/mol. The highest BCUT2D eigenvalue weighted by Gasteiger charge is 2.72. The number of esters is 1. The fraction of sp³-hybridized carbons (Fsp3) is 0.778. The van der Waals surface area contributed by atoms with Gasteiger partial charge in [-0.15, -0.1) is 0 Å². The van der Waals surface area contributed by atoms with E-state index in [0.29, 0.717) is 38.5 Å². The van der Waals surface area contributed by atoms with Crippen LogP contribution in [0.3, 0.4) is 0 Å². The summed E-state index contributed by atoms with van der Waals surface area (Å²) in [5, 5.41) is 10.2. The van der Waals surface area contributed by atoms with Crippen molar-refractivity contribution >= 4 is 27.7 Å². The number of carboxylic acid groups (broad SMARTS) is 1. The number of fused-ring (bicyclic) bond motifs is 7. The number of hydrogen-bond acceptors (Lipinski definition) is 9. The van der Waals surface area contributed by atoms with Crippen molar-refractivity contribution in [2.75, 3.05) is 6.26 Å². The lowest BCUT2D eigenvalue weighted by atomic mass is 9.33. The van der Waals surface area contributed by atoms with Crippen LogP contribution in [0, 0.1) is 57.2 Å². The zero-order valence-corrected chi connectivity index (χ0v) is 30.3. The van der Waals surface area contributed by atoms with E-state index >= 15 is 0 Å². The Morgan fingerprint density at radius 2 is 1.65 bits per heavy atom. The normalized spacial score (nSPS) is 44.0. The Morgan fingerprint density at radius 3 is 2.25 bits per heavy atom. The number of ketones is 1. The topological polar surface area (TPSA) is 170 Å². The van der Waals surface area contributed by atoms with Crippen molar-refractivity contribution < 1.29 is 41.5 Å². The minimum Gasteiger partial charge on any atom is -0.481 e. The molecule has 12 heteroatoms. The second kappa shape index (κ2) is 10.9. The van der Waals surface area contributed by atoms with Crippen molar-refractivity contribution in [1.29, 1.82) is 0 Å². The van der Waals surface area contributed by atoms with Crippen LogP contribution in [-0.2, 0) is 35.8 Å². The van der Waals surface area contributed by atoms with Gasteiger partial charge in [-0.25, -0.2) is 17.9 Å². The Labute approximate surface area is 282 Å². The van der Waals surface area contributed by atoms with E-state index in [4.69, 9.17) is 13.6 Å². The molecular weight excluding hydrogens is 638 g/mol. The highest BCUT2D eigenvalue weighted by Crippen LogP contribution is 2.75. The molecule has 1 heterocycles. The molecule has 0 bridgehead atoms. The van der Waals surface area contributed by atoms with Crippen molar-refractivity contribution in [3.05, 3.63) is 33.8 Å². The summed E-state index contributed by atoms with van der Waals surface area (Å²) < 4.78 is 43.7. The van der Waals surface area contributed by atoms with E-state index in [1.54, 1.807) is 6.92 Å². The fourth-order valence-corrected chi connectivity index (χ4v) is 12.5. The number of sulfonamides is 1. The minimum absolute atomic E-state index is 0.0141. The molecule has 1 unspecified atom stereocenters. The fourth-order valence-electron chi connectivity index (χ4n) is 11.6. The van der Waals surface area contributed by atoms with E-state index < -0.39 is 67.3 Å². The number of aryl methyl sites for hydroxylation is 1. The molecule has 6 rings (SSSR count). The lowest BCUT2D eigenvalue weighted by Crippen LogP contribution is -2.69. The zero-order valence-electron chi connectivity index (χ0n) is 29.5. The Balaban J connectivity index is 1.41. The van der Waals surface area contributed by atoms with Crippen molar-refractivity contribution in [3.63, 3.8) is 0 Å². The smallest absolute Gasteiger partial charge is 0.481 e. The molecule has 0 aromatic carbocycles. The van der Waals surface area contributed by atoms with Crippen LogP contribution in [0.15, 0.2) is 25.3 Å². The molecule has 2 N–H and O–H groups in total. The molecule has 5 aliphatic rings. The van der Waals surface area contributed by atoms with Gasteiger partial charge in [-0.3, -0.25) is 14.4 Å². The molecule has 0 amide bonds. The number of aliphatic carboxylic acids is 1. The molecule has 0 spiro atoms. The van der Waals surface area contributed by atoms with Crippen LogP contribution in [0.5, 0.6) is 0 Å². The van der Waals surface area contributed by atoms with Crippen molar-refractivity contribution in [2.45, 2.75) is 119 Å². The van der Waals surface area contributed by atoms with Crippen LogP contribution in [0.4, 0.5) is 0 Å². The third kappa shape index (κ3) is 4.93. The number of carbonyl (C=O) groups is 3. The largest absolute Gasteiger partial charge is 0.519 e. The molecule has 48 heavy (non-hydrogen) atoms.